The molecule has 552 valence electrons. The molecule has 0 spiro atoms. The van der Waals surface area contributed by atoms with Gasteiger partial charge in [0.15, 0.2) is 0 Å². The van der Waals surface area contributed by atoms with Crippen molar-refractivity contribution in [2.45, 2.75) is 219 Å². The van der Waals surface area contributed by atoms with E-state index in [2.05, 4.69) is 67.8 Å². The Morgan fingerprint density at radius 3 is 1.22 bits per heavy atom. The zero-order chi connectivity index (χ0) is 75.0. The van der Waals surface area contributed by atoms with Gasteiger partial charge in [0.2, 0.25) is 0 Å². The number of aromatic nitrogens is 5. The van der Waals surface area contributed by atoms with E-state index >= 15 is 0 Å². The summed E-state index contributed by atoms with van der Waals surface area (Å²) in [6.45, 7) is 22.6. The highest BCUT2D eigenvalue weighted by molar-refractivity contribution is 6.34. The van der Waals surface area contributed by atoms with Crippen LogP contribution in [0.3, 0.4) is 0 Å². The number of alkyl carbamates (subject to hydrolysis) is 2. The van der Waals surface area contributed by atoms with Gasteiger partial charge in [0.1, 0.15) is 46.1 Å². The van der Waals surface area contributed by atoms with Crippen molar-refractivity contribution in [2.24, 2.45) is 11.5 Å². The molecule has 5 amide bonds. The molecule has 10 rings (SSSR count). The van der Waals surface area contributed by atoms with Crippen LogP contribution in [-0.4, -0.2) is 102 Å². The Bertz CT molecular complexity index is 4080. The maximum atomic E-state index is 13.7. The lowest BCUT2D eigenvalue weighted by Gasteiger charge is -2.34. The molecule has 3 aliphatic carbocycles. The molecule has 0 saturated heterocycles. The molecule has 2 aromatic carbocycles. The van der Waals surface area contributed by atoms with Crippen LogP contribution in [0.2, 0.25) is 15.1 Å². The number of nitrogens with one attached hydrogen (secondary N) is 9. The number of carbonyl (C=O) groups excluding carboxylic acids is 5. The summed E-state index contributed by atoms with van der Waals surface area (Å²) >= 11 is 19.6. The SMILES string of the molecule is CC(C)(C)OC(=O)N[C@H]1CCCC[C@H]1Nc1nc(N)c(C(=O)NC(C)(C)c2ccccc2)cc1Cl.Cc1cncc(Nc2nc(N[C@@H]3CCCC[C@@H]3N)c(Cl)cc2C(N)=O)c1.Cc1cncc(Nc2nc(N[C@@H]3CCCC[C@@H]3NC(=O)OC(C)(C)C)c(Cl)cc2C(=O)NC(C)(C)c2ccccc2)c1. The minimum absolute atomic E-state index is 0.0508. The van der Waals surface area contributed by atoms with Gasteiger partial charge in [-0.1, -0.05) is 134 Å². The van der Waals surface area contributed by atoms with Crippen molar-refractivity contribution in [3.63, 3.8) is 0 Å². The fourth-order valence-electron chi connectivity index (χ4n) is 12.3. The van der Waals surface area contributed by atoms with E-state index in [0.29, 0.717) is 56.1 Å². The van der Waals surface area contributed by atoms with E-state index in [1.165, 1.54) is 12.1 Å². The molecule has 103 heavy (non-hydrogen) atoms. The van der Waals surface area contributed by atoms with Crippen molar-refractivity contribution in [1.29, 1.82) is 0 Å². The smallest absolute Gasteiger partial charge is 0.407 e. The molecule has 6 atom stereocenters. The van der Waals surface area contributed by atoms with Gasteiger partial charge in [0.25, 0.3) is 17.7 Å². The lowest BCUT2D eigenvalue weighted by atomic mass is 9.90. The normalized spacial score (nSPS) is 18.3. The number of nitrogens with zero attached hydrogens (tertiary/aromatic N) is 5. The van der Waals surface area contributed by atoms with Gasteiger partial charge >= 0.3 is 12.2 Å². The van der Waals surface area contributed by atoms with Crippen LogP contribution in [0.1, 0.15) is 200 Å². The third-order valence-electron chi connectivity index (χ3n) is 17.6. The molecule has 7 aromatic rings. The van der Waals surface area contributed by atoms with Crippen LogP contribution in [0.25, 0.3) is 0 Å². The maximum absolute atomic E-state index is 13.7. The molecule has 0 unspecified atom stereocenters. The molecule has 27 heteroatoms. The summed E-state index contributed by atoms with van der Waals surface area (Å²) in [5, 5.41) is 29.5. The van der Waals surface area contributed by atoms with E-state index in [0.717, 1.165) is 99.3 Å². The predicted octanol–water partition coefficient (Wildman–Crippen LogP) is 15.3. The average molecular weight is 1470 g/mol. The standard InChI is InChI=1S/C32H41ClN6O3.C26H36ClN5O3.C18H23ClN6O/c1-20-16-22(19-34-18-20)35-27-23(29(40)39-32(5,6)21-12-8-7-9-13-21)17-24(33)28(38-27)36-25-14-10-11-15-26(25)37-30(41)42-31(2,3)4;1-25(2,3)35-24(34)30-20-14-10-9-13-19(20)29-22-18(27)15-17(21(28)31-22)23(33)32-26(4,5)16-11-7-6-8-12-16;1-10-6-11(9-22-8-10)23-17-12(16(21)26)7-13(19)18(25-17)24-15-5-3-2-4-14(15)20/h7-9,12-13,16-19,25-26H,10-11,14-15H2,1-6H3,(H,37,41)(H,39,40)(H2,35,36,38);6-8,11-12,15,19-20H,9-10,13-14H2,1-5H3,(H,30,34)(H,32,33)(H3,28,29,31);6-9,14-15H,2-5,20H2,1H3,(H2,21,26)(H2,23,24,25)/t25-,26+;19-,20+;14-,15+/m110/s1. The molecular weight excluding hydrogens is 1370 g/mol. The second-order valence-electron chi connectivity index (χ2n) is 29.5. The Morgan fingerprint density at radius 2 is 0.816 bits per heavy atom. The van der Waals surface area contributed by atoms with Gasteiger partial charge in [-0.3, -0.25) is 24.4 Å². The summed E-state index contributed by atoms with van der Waals surface area (Å²) in [5.74, 6) is 0.738. The van der Waals surface area contributed by atoms with Gasteiger partial charge < -0.3 is 74.5 Å². The van der Waals surface area contributed by atoms with Crippen molar-refractivity contribution in [1.82, 2.24) is 46.2 Å². The number of pyridine rings is 5. The number of rotatable bonds is 19. The summed E-state index contributed by atoms with van der Waals surface area (Å²) in [7, 11) is 0. The predicted molar refractivity (Wildman–Crippen MR) is 411 cm³/mol. The van der Waals surface area contributed by atoms with Crippen molar-refractivity contribution < 1.29 is 33.4 Å². The molecule has 24 nitrogen and oxygen atoms in total. The Morgan fingerprint density at radius 1 is 0.456 bits per heavy atom. The number of anilines is 8. The first-order chi connectivity index (χ1) is 48.6. The van der Waals surface area contributed by atoms with Gasteiger partial charge in [0.05, 0.1) is 78.7 Å². The van der Waals surface area contributed by atoms with Crippen LogP contribution in [0.4, 0.5) is 55.9 Å². The van der Waals surface area contributed by atoms with Crippen LogP contribution in [0.15, 0.2) is 116 Å². The van der Waals surface area contributed by atoms with Gasteiger partial charge in [-0.25, -0.2) is 24.5 Å². The Kier molecular flexibility index (Phi) is 27.2. The molecule has 0 aliphatic heterocycles. The second kappa shape index (κ2) is 35.3. The first kappa shape index (κ1) is 79.5. The van der Waals surface area contributed by atoms with E-state index in [1.54, 1.807) is 30.9 Å². The van der Waals surface area contributed by atoms with Crippen LogP contribution >= 0.6 is 34.8 Å². The third kappa shape index (κ3) is 23.7. The number of nitrogen functional groups attached to an aromatic ring is 1. The summed E-state index contributed by atoms with van der Waals surface area (Å²) in [5.41, 5.74) is 21.4. The number of nitrogens with two attached hydrogens (primary N) is 3. The lowest BCUT2D eigenvalue weighted by molar-refractivity contribution is 0.0477. The number of hydrogen-bond acceptors (Lipinski definition) is 19. The zero-order valence-electron chi connectivity index (χ0n) is 60.9. The molecule has 15 N–H and O–H groups in total. The highest BCUT2D eigenvalue weighted by atomic mass is 35.5. The monoisotopic (exact) mass is 1470 g/mol. The average Bonchev–Trinajstić information content (AvgIpc) is 0.785. The largest absolute Gasteiger partial charge is 0.444 e. The first-order valence-electron chi connectivity index (χ1n) is 34.9. The highest BCUT2D eigenvalue weighted by Crippen LogP contribution is 2.35. The molecule has 0 bridgehead atoms. The van der Waals surface area contributed by atoms with Crippen molar-refractivity contribution in [2.75, 3.05) is 32.3 Å². The molecule has 5 heterocycles. The van der Waals surface area contributed by atoms with Gasteiger partial charge in [0, 0.05) is 36.6 Å². The van der Waals surface area contributed by atoms with Crippen molar-refractivity contribution in [3.8, 4) is 0 Å². The molecule has 3 aliphatic rings. The van der Waals surface area contributed by atoms with Gasteiger partial charge in [-0.2, -0.15) is 0 Å². The van der Waals surface area contributed by atoms with E-state index in [9.17, 15) is 24.0 Å². The van der Waals surface area contributed by atoms with E-state index in [1.807, 2.05) is 156 Å². The van der Waals surface area contributed by atoms with E-state index in [4.69, 9.17) is 66.5 Å². The van der Waals surface area contributed by atoms with Crippen LogP contribution in [0.5, 0.6) is 0 Å². The number of primary amides is 1. The minimum Gasteiger partial charge on any atom is -0.444 e. The number of ether oxygens (including phenoxy) is 2. The first-order valence-corrected chi connectivity index (χ1v) is 36.1. The molecule has 5 aromatic heterocycles. The fourth-order valence-corrected chi connectivity index (χ4v) is 12.9. The number of benzene rings is 2. The number of amides is 5. The summed E-state index contributed by atoms with van der Waals surface area (Å²) in [6, 6.07) is 27.6. The van der Waals surface area contributed by atoms with Crippen molar-refractivity contribution >= 4 is 111 Å². The van der Waals surface area contributed by atoms with Gasteiger partial charge in [-0.15, -0.1) is 0 Å². The Hall–Kier alpha value is -9.23. The molecule has 3 saturated carbocycles. The number of carbonyl (C=O) groups is 5. The lowest BCUT2D eigenvalue weighted by Crippen LogP contribution is -2.50. The quantitative estimate of drug-likeness (QED) is 0.0358. The highest BCUT2D eigenvalue weighted by Gasteiger charge is 2.34. The fraction of sp³-hybridized carbons (Fsp3) is 0.447. The molecule has 3 fully saturated rings. The third-order valence-corrected chi connectivity index (χ3v) is 18.4. The summed E-state index contributed by atoms with van der Waals surface area (Å²) in [4.78, 5) is 85.5. The second-order valence-corrected chi connectivity index (χ2v) is 30.7. The summed E-state index contributed by atoms with van der Waals surface area (Å²) < 4.78 is 10.9. The van der Waals surface area contributed by atoms with Gasteiger partial charge in [-0.05, 0) is 174 Å². The minimum atomic E-state index is -0.646. The molecule has 0 radical (unpaired) electrons. The molecular formula is C76H100Cl3N17O7. The van der Waals surface area contributed by atoms with E-state index in [-0.39, 0.29) is 70.0 Å². The van der Waals surface area contributed by atoms with E-state index < -0.39 is 40.4 Å². The topological polar surface area (TPSA) is 355 Å². The Balaban J connectivity index is 0.000000201. The number of aryl methyl sites for hydroxylation is 2. The van der Waals surface area contributed by atoms with Crippen molar-refractivity contribution in [3.05, 3.63) is 170 Å². The van der Waals surface area contributed by atoms with Crippen LogP contribution < -0.4 is 65.1 Å². The number of hydrogen-bond donors (Lipinski definition) is 12. The Labute approximate surface area is 619 Å². The van der Waals surface area contributed by atoms with Crippen LogP contribution in [0, 0.1) is 13.8 Å². The summed E-state index contributed by atoms with van der Waals surface area (Å²) in [6.07, 6.45) is 17.3. The maximum Gasteiger partial charge on any atom is 0.407 e. The zero-order valence-corrected chi connectivity index (χ0v) is 63.1. The number of halogens is 3. The van der Waals surface area contributed by atoms with Crippen LogP contribution in [-0.2, 0) is 20.6 Å².